The maximum Gasteiger partial charge on any atom is 0.241 e. The Morgan fingerprint density at radius 2 is 2.12 bits per heavy atom. The smallest absolute Gasteiger partial charge is 0.241 e. The van der Waals surface area contributed by atoms with E-state index in [1.165, 1.54) is 28.5 Å². The molecule has 0 bridgehead atoms. The average molecular weight is 346 g/mol. The number of hydrogen-bond donors (Lipinski definition) is 2. The number of thiazole rings is 1. The van der Waals surface area contributed by atoms with Gasteiger partial charge in [0.2, 0.25) is 17.7 Å². The number of rotatable bonds is 2. The van der Waals surface area contributed by atoms with Crippen molar-refractivity contribution in [1.82, 2.24) is 15.2 Å². The fraction of sp³-hybridized carbons (Fsp3) is 0.375. The van der Waals surface area contributed by atoms with E-state index in [1.807, 2.05) is 26.2 Å². The third-order valence-corrected chi connectivity index (χ3v) is 4.99. The zero-order valence-corrected chi connectivity index (χ0v) is 14.4. The summed E-state index contributed by atoms with van der Waals surface area (Å²) in [6.07, 6.45) is 4.30. The highest BCUT2D eigenvalue weighted by atomic mass is 32.1. The maximum absolute atomic E-state index is 12.3. The van der Waals surface area contributed by atoms with Crippen LogP contribution in [-0.2, 0) is 25.2 Å². The van der Waals surface area contributed by atoms with Gasteiger partial charge in [0.1, 0.15) is 22.7 Å². The Morgan fingerprint density at radius 3 is 2.71 bits per heavy atom. The third-order valence-electron chi connectivity index (χ3n) is 3.99. The first-order valence-corrected chi connectivity index (χ1v) is 8.32. The number of nitrogens with zero attached hydrogens (tertiary/aromatic N) is 2. The Hall–Kier alpha value is -2.48. The predicted molar refractivity (Wildman–Crippen MR) is 88.5 cm³/mol. The van der Waals surface area contributed by atoms with E-state index < -0.39 is 17.2 Å². The molecular weight excluding hydrogens is 328 g/mol. The number of primary amides is 1. The van der Waals surface area contributed by atoms with Gasteiger partial charge in [0.25, 0.3) is 0 Å². The van der Waals surface area contributed by atoms with Crippen LogP contribution in [0, 0.1) is 0 Å². The van der Waals surface area contributed by atoms with E-state index in [1.54, 1.807) is 6.08 Å². The Balaban J connectivity index is 2.09. The summed E-state index contributed by atoms with van der Waals surface area (Å²) in [5, 5.41) is 5.01. The molecule has 2 aliphatic rings. The second kappa shape index (κ2) is 5.27. The lowest BCUT2D eigenvalue weighted by atomic mass is 9.85. The molecule has 0 radical (unpaired) electrons. The Morgan fingerprint density at radius 1 is 1.42 bits per heavy atom. The highest BCUT2D eigenvalue weighted by Gasteiger charge is 2.43. The van der Waals surface area contributed by atoms with Crippen molar-refractivity contribution < 1.29 is 14.4 Å². The minimum absolute atomic E-state index is 0.167. The first-order chi connectivity index (χ1) is 11.1. The lowest BCUT2D eigenvalue weighted by Gasteiger charge is -2.34. The molecular formula is C16H18N4O3S. The van der Waals surface area contributed by atoms with Gasteiger partial charge in [0, 0.05) is 17.0 Å². The number of aromatic nitrogens is 1. The second-order valence-corrected chi connectivity index (χ2v) is 7.71. The molecule has 3 heterocycles. The largest absolute Gasteiger partial charge is 0.368 e. The molecule has 1 fully saturated rings. The highest BCUT2D eigenvalue weighted by Crippen LogP contribution is 2.37. The number of fused-ring (bicyclic) bond motifs is 1. The molecule has 1 aromatic rings. The van der Waals surface area contributed by atoms with Gasteiger partial charge in [0.05, 0.1) is 5.69 Å². The molecule has 1 aromatic heterocycles. The van der Waals surface area contributed by atoms with E-state index in [0.717, 1.165) is 5.69 Å². The van der Waals surface area contributed by atoms with Crippen LogP contribution in [0.5, 0.6) is 0 Å². The first-order valence-electron chi connectivity index (χ1n) is 7.44. The normalized spacial score (nSPS) is 23.6. The lowest BCUT2D eigenvalue weighted by Crippen LogP contribution is -2.49. The van der Waals surface area contributed by atoms with Gasteiger partial charge >= 0.3 is 0 Å². The summed E-state index contributed by atoms with van der Waals surface area (Å²) in [4.78, 5) is 41.7. The van der Waals surface area contributed by atoms with E-state index in [4.69, 9.17) is 5.73 Å². The van der Waals surface area contributed by atoms with Crippen LogP contribution in [0.3, 0.4) is 0 Å². The zero-order valence-electron chi connectivity index (χ0n) is 13.6. The van der Waals surface area contributed by atoms with E-state index in [-0.39, 0.29) is 23.6 Å². The summed E-state index contributed by atoms with van der Waals surface area (Å²) in [5.41, 5.74) is 5.05. The number of amides is 3. The van der Waals surface area contributed by atoms with Gasteiger partial charge in [-0.05, 0) is 12.2 Å². The Labute approximate surface area is 143 Å². The summed E-state index contributed by atoms with van der Waals surface area (Å²) in [5.74, 6) is -1.14. The van der Waals surface area contributed by atoms with Gasteiger partial charge in [-0.25, -0.2) is 4.98 Å². The molecule has 24 heavy (non-hydrogen) atoms. The zero-order chi connectivity index (χ0) is 17.7. The topological polar surface area (TPSA) is 105 Å². The molecule has 0 spiro atoms. The van der Waals surface area contributed by atoms with Crippen LogP contribution < -0.4 is 11.1 Å². The second-order valence-electron chi connectivity index (χ2n) is 6.86. The van der Waals surface area contributed by atoms with Crippen LogP contribution in [0.4, 0.5) is 0 Å². The van der Waals surface area contributed by atoms with Crippen molar-refractivity contribution in [3.05, 3.63) is 40.3 Å². The van der Waals surface area contributed by atoms with Crippen molar-refractivity contribution in [3.63, 3.8) is 0 Å². The SMILES string of the molecule is CC(C)(C)c1csc(C2(C(N)=O)C=CN3C(=O)CC(=O)NC3=C2)n1. The molecule has 1 saturated heterocycles. The minimum atomic E-state index is -1.29. The minimum Gasteiger partial charge on any atom is -0.368 e. The van der Waals surface area contributed by atoms with Crippen LogP contribution in [0.2, 0.25) is 0 Å². The number of carbonyl (C=O) groups is 3. The van der Waals surface area contributed by atoms with Gasteiger partial charge < -0.3 is 11.1 Å². The first kappa shape index (κ1) is 16.4. The van der Waals surface area contributed by atoms with E-state index >= 15 is 0 Å². The molecule has 0 aromatic carbocycles. The highest BCUT2D eigenvalue weighted by molar-refractivity contribution is 7.10. The third kappa shape index (κ3) is 2.52. The van der Waals surface area contributed by atoms with Gasteiger partial charge in [-0.2, -0.15) is 0 Å². The molecule has 2 aliphatic heterocycles. The number of carbonyl (C=O) groups excluding carboxylic acids is 3. The summed E-state index contributed by atoms with van der Waals surface area (Å²) in [7, 11) is 0. The van der Waals surface area contributed by atoms with E-state index in [9.17, 15) is 14.4 Å². The van der Waals surface area contributed by atoms with Gasteiger partial charge in [-0.3, -0.25) is 19.3 Å². The maximum atomic E-state index is 12.3. The van der Waals surface area contributed by atoms with E-state index in [2.05, 4.69) is 10.3 Å². The van der Waals surface area contributed by atoms with Gasteiger partial charge in [-0.1, -0.05) is 20.8 Å². The summed E-state index contributed by atoms with van der Waals surface area (Å²) >= 11 is 1.33. The molecule has 1 atom stereocenters. The van der Waals surface area contributed by atoms with Crippen molar-refractivity contribution in [2.24, 2.45) is 5.73 Å². The predicted octanol–water partition coefficient (Wildman–Crippen LogP) is 0.881. The Kier molecular flexibility index (Phi) is 3.60. The van der Waals surface area contributed by atoms with Crippen LogP contribution in [0.1, 0.15) is 37.9 Å². The lowest BCUT2D eigenvalue weighted by molar-refractivity contribution is -0.136. The standard InChI is InChI=1S/C16H18N4O3S/c1-15(2,3)9-8-24-14(18-9)16(13(17)23)4-5-20-10(7-16)19-11(21)6-12(20)22/h4-5,7-8H,6H2,1-3H3,(H2,17,23)(H,19,21). The van der Waals surface area contributed by atoms with Crippen LogP contribution in [-0.4, -0.2) is 27.6 Å². The molecule has 7 nitrogen and oxygen atoms in total. The number of hydrogen-bond acceptors (Lipinski definition) is 5. The summed E-state index contributed by atoms with van der Waals surface area (Å²) < 4.78 is 0. The fourth-order valence-electron chi connectivity index (χ4n) is 2.53. The molecule has 8 heteroatoms. The van der Waals surface area contributed by atoms with Crippen molar-refractivity contribution >= 4 is 29.1 Å². The van der Waals surface area contributed by atoms with Crippen LogP contribution >= 0.6 is 11.3 Å². The fourth-order valence-corrected chi connectivity index (χ4v) is 3.73. The summed E-state index contributed by atoms with van der Waals surface area (Å²) in [6.45, 7) is 6.08. The van der Waals surface area contributed by atoms with Crippen LogP contribution in [0.15, 0.2) is 29.6 Å². The molecule has 1 unspecified atom stereocenters. The summed E-state index contributed by atoms with van der Waals surface area (Å²) in [6, 6.07) is 0. The number of nitrogens with two attached hydrogens (primary N) is 1. The van der Waals surface area contributed by atoms with Crippen molar-refractivity contribution in [2.45, 2.75) is 38.0 Å². The van der Waals surface area contributed by atoms with E-state index in [0.29, 0.717) is 5.01 Å². The molecule has 3 N–H and O–H groups in total. The molecule has 3 amide bonds. The average Bonchev–Trinajstić information content (AvgIpc) is 2.96. The quantitative estimate of drug-likeness (QED) is 0.776. The number of nitrogens with one attached hydrogen (secondary N) is 1. The Bertz CT molecular complexity index is 802. The van der Waals surface area contributed by atoms with Gasteiger partial charge in [0.15, 0.2) is 0 Å². The van der Waals surface area contributed by atoms with Crippen molar-refractivity contribution in [1.29, 1.82) is 0 Å². The molecule has 126 valence electrons. The monoisotopic (exact) mass is 346 g/mol. The molecule has 0 aliphatic carbocycles. The van der Waals surface area contributed by atoms with Gasteiger partial charge in [-0.15, -0.1) is 11.3 Å². The molecule has 0 saturated carbocycles. The van der Waals surface area contributed by atoms with Crippen molar-refractivity contribution in [2.75, 3.05) is 0 Å². The molecule has 3 rings (SSSR count). The van der Waals surface area contributed by atoms with Crippen LogP contribution in [0.25, 0.3) is 0 Å². The van der Waals surface area contributed by atoms with Crippen molar-refractivity contribution in [3.8, 4) is 0 Å².